The number of methoxy groups -OCH3 is 1. The molecule has 1 atom stereocenters. The molecular formula is C29H36ClF2N5O4. The molecule has 3 aliphatic rings. The standard InChI is InChI=1S/C29H35F2N5O4.ClH/c1-40-23-9-7-21(8-10-23)19-36-25(37)28(33-27(36)39)12-16-34(17-13-28)15-11-24(22-5-3-2-4-6-22)32-26(38)35-18-14-29(30,31)20-35;/h2-10,24H,11-20H2,1H3,(H,32,38)(H,33,39);1H/t24-;/m0./s1. The molecule has 3 heterocycles. The molecule has 222 valence electrons. The van der Waals surface area contributed by atoms with Crippen molar-refractivity contribution in [1.82, 2.24) is 25.3 Å². The van der Waals surface area contributed by atoms with Crippen LogP contribution in [0.4, 0.5) is 18.4 Å². The molecule has 0 aliphatic carbocycles. The molecular weight excluding hydrogens is 556 g/mol. The third-order valence-electron chi connectivity index (χ3n) is 8.15. The number of hydrogen-bond acceptors (Lipinski definition) is 5. The van der Waals surface area contributed by atoms with Gasteiger partial charge in [0.05, 0.1) is 26.2 Å². The molecule has 3 saturated heterocycles. The summed E-state index contributed by atoms with van der Waals surface area (Å²) in [5.74, 6) is -2.35. The van der Waals surface area contributed by atoms with Crippen molar-refractivity contribution in [3.05, 3.63) is 65.7 Å². The molecule has 41 heavy (non-hydrogen) atoms. The van der Waals surface area contributed by atoms with E-state index in [0.29, 0.717) is 44.6 Å². The van der Waals surface area contributed by atoms with Crippen molar-refractivity contribution in [3.63, 3.8) is 0 Å². The quantitative estimate of drug-likeness (QED) is 0.449. The highest BCUT2D eigenvalue weighted by Gasteiger charge is 2.52. The number of amides is 5. The fourth-order valence-corrected chi connectivity index (χ4v) is 5.70. The number of alkyl halides is 2. The molecule has 12 heteroatoms. The highest BCUT2D eigenvalue weighted by molar-refractivity contribution is 6.07. The molecule has 0 bridgehead atoms. The van der Waals surface area contributed by atoms with Crippen molar-refractivity contribution in [2.75, 3.05) is 39.8 Å². The summed E-state index contributed by atoms with van der Waals surface area (Å²) in [6.07, 6.45) is 1.24. The summed E-state index contributed by atoms with van der Waals surface area (Å²) in [7, 11) is 1.58. The summed E-state index contributed by atoms with van der Waals surface area (Å²) in [6, 6.07) is 15.6. The molecule has 2 aromatic rings. The Kier molecular flexibility index (Phi) is 9.38. The summed E-state index contributed by atoms with van der Waals surface area (Å²) in [4.78, 5) is 43.6. The van der Waals surface area contributed by atoms with Crippen LogP contribution in [0.3, 0.4) is 0 Å². The van der Waals surface area contributed by atoms with Crippen LogP contribution in [0.25, 0.3) is 0 Å². The minimum atomic E-state index is -2.85. The second-order valence-corrected chi connectivity index (χ2v) is 10.8. The number of rotatable bonds is 8. The number of likely N-dealkylation sites (tertiary alicyclic amines) is 2. The second kappa shape index (κ2) is 12.6. The number of imide groups is 1. The Hall–Kier alpha value is -3.44. The molecule has 0 radical (unpaired) electrons. The van der Waals surface area contributed by atoms with Crippen molar-refractivity contribution in [2.24, 2.45) is 0 Å². The van der Waals surface area contributed by atoms with Gasteiger partial charge in [-0.1, -0.05) is 42.5 Å². The Morgan fingerprint density at radius 1 is 1.02 bits per heavy atom. The maximum absolute atomic E-state index is 13.7. The van der Waals surface area contributed by atoms with Crippen LogP contribution >= 0.6 is 12.4 Å². The number of halogens is 3. The van der Waals surface area contributed by atoms with Crippen LogP contribution in [0.15, 0.2) is 54.6 Å². The van der Waals surface area contributed by atoms with Gasteiger partial charge in [-0.05, 0) is 42.5 Å². The minimum absolute atomic E-state index is 0. The number of nitrogens with zero attached hydrogens (tertiary/aromatic N) is 3. The van der Waals surface area contributed by atoms with Crippen LogP contribution in [0, 0.1) is 0 Å². The van der Waals surface area contributed by atoms with Gasteiger partial charge >= 0.3 is 12.1 Å². The van der Waals surface area contributed by atoms with Crippen LogP contribution in [0.5, 0.6) is 5.75 Å². The normalized spacial score (nSPS) is 20.5. The molecule has 5 rings (SSSR count). The monoisotopic (exact) mass is 591 g/mol. The zero-order valence-corrected chi connectivity index (χ0v) is 23.8. The largest absolute Gasteiger partial charge is 0.497 e. The zero-order valence-electron chi connectivity index (χ0n) is 23.0. The first kappa shape index (κ1) is 30.5. The van der Waals surface area contributed by atoms with Gasteiger partial charge in [-0.25, -0.2) is 18.4 Å². The van der Waals surface area contributed by atoms with E-state index in [1.165, 1.54) is 9.80 Å². The molecule has 0 saturated carbocycles. The molecule has 0 unspecified atom stereocenters. The SMILES string of the molecule is COc1ccc(CN2C(=O)NC3(CCN(CC[C@H](NC(=O)N4CCC(F)(F)C4)c4ccccc4)CC3)C2=O)cc1.Cl. The number of urea groups is 2. The highest BCUT2D eigenvalue weighted by Crippen LogP contribution is 2.32. The van der Waals surface area contributed by atoms with Gasteiger partial charge in [0.15, 0.2) is 0 Å². The average Bonchev–Trinajstić information content (AvgIpc) is 3.44. The third kappa shape index (κ3) is 6.90. The van der Waals surface area contributed by atoms with Crippen LogP contribution < -0.4 is 15.4 Å². The third-order valence-corrected chi connectivity index (χ3v) is 8.15. The lowest BCUT2D eigenvalue weighted by atomic mass is 9.87. The van der Waals surface area contributed by atoms with Gasteiger partial charge in [-0.3, -0.25) is 9.69 Å². The number of benzene rings is 2. The van der Waals surface area contributed by atoms with Gasteiger partial charge in [0.25, 0.3) is 11.8 Å². The number of hydrogen-bond donors (Lipinski definition) is 2. The smallest absolute Gasteiger partial charge is 0.325 e. The van der Waals surface area contributed by atoms with E-state index in [2.05, 4.69) is 15.5 Å². The Balaban J connectivity index is 0.00000387. The van der Waals surface area contributed by atoms with Crippen LogP contribution in [-0.4, -0.2) is 84.0 Å². The topological polar surface area (TPSA) is 94.2 Å². The number of ether oxygens (including phenoxy) is 1. The number of nitrogens with one attached hydrogen (secondary N) is 2. The Labute approximate surface area is 244 Å². The molecule has 5 amide bonds. The zero-order chi connectivity index (χ0) is 28.3. The van der Waals surface area contributed by atoms with Crippen molar-refractivity contribution >= 4 is 30.4 Å². The van der Waals surface area contributed by atoms with E-state index in [4.69, 9.17) is 4.74 Å². The summed E-state index contributed by atoms with van der Waals surface area (Å²) < 4.78 is 32.5. The summed E-state index contributed by atoms with van der Waals surface area (Å²) in [6.45, 7) is 1.52. The molecule has 2 N–H and O–H groups in total. The van der Waals surface area contributed by atoms with Crippen LogP contribution in [0.2, 0.25) is 0 Å². The predicted octanol–water partition coefficient (Wildman–Crippen LogP) is 4.19. The molecule has 0 aromatic heterocycles. The Morgan fingerprint density at radius 2 is 1.71 bits per heavy atom. The molecule has 3 fully saturated rings. The lowest BCUT2D eigenvalue weighted by molar-refractivity contribution is -0.133. The highest BCUT2D eigenvalue weighted by atomic mass is 35.5. The fourth-order valence-electron chi connectivity index (χ4n) is 5.70. The van der Waals surface area contributed by atoms with Crippen molar-refractivity contribution in [1.29, 1.82) is 0 Å². The van der Waals surface area contributed by atoms with Gasteiger partial charge in [-0.15, -0.1) is 12.4 Å². The van der Waals surface area contributed by atoms with Gasteiger partial charge in [0.2, 0.25) is 0 Å². The first-order chi connectivity index (χ1) is 19.2. The first-order valence-electron chi connectivity index (χ1n) is 13.7. The first-order valence-corrected chi connectivity index (χ1v) is 13.7. The van der Waals surface area contributed by atoms with Crippen LogP contribution in [-0.2, 0) is 11.3 Å². The lowest BCUT2D eigenvalue weighted by Crippen LogP contribution is -2.55. The Morgan fingerprint density at radius 3 is 2.32 bits per heavy atom. The minimum Gasteiger partial charge on any atom is -0.497 e. The van der Waals surface area contributed by atoms with Gasteiger partial charge < -0.3 is 25.2 Å². The van der Waals surface area contributed by atoms with Crippen molar-refractivity contribution in [2.45, 2.75) is 49.7 Å². The van der Waals surface area contributed by atoms with E-state index in [1.807, 2.05) is 42.5 Å². The summed E-state index contributed by atoms with van der Waals surface area (Å²) in [5, 5.41) is 5.90. The van der Waals surface area contributed by atoms with E-state index < -0.39 is 24.0 Å². The van der Waals surface area contributed by atoms with Crippen LogP contribution in [0.1, 0.15) is 42.9 Å². The van der Waals surface area contributed by atoms with Gasteiger partial charge in [0.1, 0.15) is 11.3 Å². The fraction of sp³-hybridized carbons (Fsp3) is 0.483. The molecule has 9 nitrogen and oxygen atoms in total. The maximum atomic E-state index is 13.7. The second-order valence-electron chi connectivity index (χ2n) is 10.8. The average molecular weight is 592 g/mol. The number of carbonyl (C=O) groups excluding carboxylic acids is 3. The summed E-state index contributed by atoms with van der Waals surface area (Å²) >= 11 is 0. The van der Waals surface area contributed by atoms with E-state index in [9.17, 15) is 23.2 Å². The van der Waals surface area contributed by atoms with Crippen molar-refractivity contribution < 1.29 is 27.9 Å². The Bertz CT molecular complexity index is 1230. The van der Waals surface area contributed by atoms with Gasteiger partial charge in [0, 0.05) is 32.6 Å². The predicted molar refractivity (Wildman–Crippen MR) is 151 cm³/mol. The van der Waals surface area contributed by atoms with E-state index >= 15 is 0 Å². The van der Waals surface area contributed by atoms with Crippen molar-refractivity contribution in [3.8, 4) is 5.75 Å². The summed E-state index contributed by atoms with van der Waals surface area (Å²) in [5.41, 5.74) is 0.835. The maximum Gasteiger partial charge on any atom is 0.325 e. The van der Waals surface area contributed by atoms with Gasteiger partial charge in [-0.2, -0.15) is 0 Å². The van der Waals surface area contributed by atoms with E-state index in [1.54, 1.807) is 19.2 Å². The lowest BCUT2D eigenvalue weighted by Gasteiger charge is -2.38. The molecule has 1 spiro atoms. The van der Waals surface area contributed by atoms with E-state index in [0.717, 1.165) is 11.1 Å². The number of piperidine rings is 1. The number of carbonyl (C=O) groups is 3. The molecule has 2 aromatic carbocycles. The van der Waals surface area contributed by atoms with E-state index in [-0.39, 0.29) is 49.9 Å². The molecule has 3 aliphatic heterocycles.